The number of carbonyl (C=O) groups excluding carboxylic acids is 1. The topological polar surface area (TPSA) is 73.2 Å². The third-order valence-corrected chi connectivity index (χ3v) is 3.43. The van der Waals surface area contributed by atoms with Gasteiger partial charge in [-0.1, -0.05) is 12.1 Å². The number of benzene rings is 1. The lowest BCUT2D eigenvalue weighted by Crippen LogP contribution is -2.29. The molecule has 1 N–H and O–H groups in total. The standard InChI is InChI=1S/C14H14BrN3O3/c1-9-7-13(20)18(14(16-9)21-2)8-12(19)17-11-6-4-3-5-10(11)15/h3-7H,8H2,1-2H3,(H,17,19). The summed E-state index contributed by atoms with van der Waals surface area (Å²) in [7, 11) is 1.41. The quantitative estimate of drug-likeness (QED) is 0.913. The smallest absolute Gasteiger partial charge is 0.299 e. The first-order chi connectivity index (χ1) is 10.0. The van der Waals surface area contributed by atoms with Crippen LogP contribution >= 0.6 is 15.9 Å². The highest BCUT2D eigenvalue weighted by Crippen LogP contribution is 2.21. The molecule has 1 aromatic heterocycles. The Bertz CT molecular complexity index is 728. The third-order valence-electron chi connectivity index (χ3n) is 2.73. The molecule has 0 unspecified atom stereocenters. The fourth-order valence-corrected chi connectivity index (χ4v) is 2.18. The summed E-state index contributed by atoms with van der Waals surface area (Å²) in [5, 5.41) is 2.72. The monoisotopic (exact) mass is 351 g/mol. The number of carbonyl (C=O) groups is 1. The number of aromatic nitrogens is 2. The maximum Gasteiger partial charge on any atom is 0.299 e. The van der Waals surface area contributed by atoms with E-state index in [4.69, 9.17) is 4.74 Å². The molecule has 0 radical (unpaired) electrons. The van der Waals surface area contributed by atoms with E-state index in [0.717, 1.165) is 4.47 Å². The summed E-state index contributed by atoms with van der Waals surface area (Å²) in [6.07, 6.45) is 0. The number of ether oxygens (including phenoxy) is 1. The maximum absolute atomic E-state index is 12.1. The fourth-order valence-electron chi connectivity index (χ4n) is 1.79. The second kappa shape index (κ2) is 6.53. The summed E-state index contributed by atoms with van der Waals surface area (Å²) in [6, 6.07) is 8.69. The van der Waals surface area contributed by atoms with E-state index in [1.54, 1.807) is 19.1 Å². The zero-order valence-corrected chi connectivity index (χ0v) is 13.2. The van der Waals surface area contributed by atoms with E-state index < -0.39 is 0 Å². The van der Waals surface area contributed by atoms with E-state index in [1.165, 1.54) is 17.7 Å². The van der Waals surface area contributed by atoms with Crippen LogP contribution in [0.2, 0.25) is 0 Å². The summed E-state index contributed by atoms with van der Waals surface area (Å²) in [4.78, 5) is 28.1. The van der Waals surface area contributed by atoms with Gasteiger partial charge in [-0.3, -0.25) is 14.2 Å². The molecular weight excluding hydrogens is 338 g/mol. The molecule has 1 amide bonds. The van der Waals surface area contributed by atoms with Gasteiger partial charge in [0.15, 0.2) is 0 Å². The largest absolute Gasteiger partial charge is 0.468 e. The molecule has 2 rings (SSSR count). The molecular formula is C14H14BrN3O3. The highest BCUT2D eigenvalue weighted by molar-refractivity contribution is 9.10. The van der Waals surface area contributed by atoms with Crippen LogP contribution in [0.15, 0.2) is 39.6 Å². The Hall–Kier alpha value is -2.15. The zero-order chi connectivity index (χ0) is 15.4. The summed E-state index contributed by atoms with van der Waals surface area (Å²) >= 11 is 3.34. The average Bonchev–Trinajstić information content (AvgIpc) is 2.44. The molecule has 0 atom stereocenters. The van der Waals surface area contributed by atoms with Crippen molar-refractivity contribution in [3.8, 4) is 6.01 Å². The normalized spacial score (nSPS) is 10.2. The summed E-state index contributed by atoms with van der Waals surface area (Å²) in [5.41, 5.74) is 0.843. The van der Waals surface area contributed by atoms with Gasteiger partial charge in [-0.15, -0.1) is 0 Å². The van der Waals surface area contributed by atoms with Crippen LogP contribution < -0.4 is 15.6 Å². The lowest BCUT2D eigenvalue weighted by Gasteiger charge is -2.11. The first kappa shape index (κ1) is 15.2. The Morgan fingerprint density at radius 2 is 2.14 bits per heavy atom. The van der Waals surface area contributed by atoms with Crippen molar-refractivity contribution in [2.24, 2.45) is 0 Å². The zero-order valence-electron chi connectivity index (χ0n) is 11.6. The molecule has 0 saturated carbocycles. The van der Waals surface area contributed by atoms with Crippen LogP contribution in [-0.4, -0.2) is 22.6 Å². The highest BCUT2D eigenvalue weighted by atomic mass is 79.9. The van der Waals surface area contributed by atoms with Crippen molar-refractivity contribution in [3.05, 3.63) is 50.9 Å². The van der Waals surface area contributed by atoms with Gasteiger partial charge in [0, 0.05) is 16.2 Å². The van der Waals surface area contributed by atoms with Gasteiger partial charge >= 0.3 is 0 Å². The lowest BCUT2D eigenvalue weighted by molar-refractivity contribution is -0.116. The van der Waals surface area contributed by atoms with Crippen LogP contribution in [0.25, 0.3) is 0 Å². The van der Waals surface area contributed by atoms with Crippen molar-refractivity contribution < 1.29 is 9.53 Å². The Morgan fingerprint density at radius 1 is 1.43 bits per heavy atom. The second-order valence-electron chi connectivity index (χ2n) is 4.34. The highest BCUT2D eigenvalue weighted by Gasteiger charge is 2.12. The van der Waals surface area contributed by atoms with Gasteiger partial charge in [0.2, 0.25) is 5.91 Å². The first-order valence-electron chi connectivity index (χ1n) is 6.18. The van der Waals surface area contributed by atoms with Crippen molar-refractivity contribution in [1.82, 2.24) is 9.55 Å². The molecule has 6 nitrogen and oxygen atoms in total. The minimum atomic E-state index is -0.340. The van der Waals surface area contributed by atoms with Crippen molar-refractivity contribution in [2.45, 2.75) is 13.5 Å². The van der Waals surface area contributed by atoms with Gasteiger partial charge < -0.3 is 10.1 Å². The van der Waals surface area contributed by atoms with Gasteiger partial charge in [0.1, 0.15) is 6.54 Å². The van der Waals surface area contributed by atoms with Gasteiger partial charge in [-0.2, -0.15) is 0 Å². The van der Waals surface area contributed by atoms with Crippen LogP contribution in [0, 0.1) is 6.92 Å². The number of halogens is 1. The van der Waals surface area contributed by atoms with E-state index in [-0.39, 0.29) is 24.0 Å². The Kier molecular flexibility index (Phi) is 4.74. The number of hydrogen-bond acceptors (Lipinski definition) is 4. The van der Waals surface area contributed by atoms with Gasteiger partial charge in [-0.25, -0.2) is 4.98 Å². The number of aryl methyl sites for hydroxylation is 1. The van der Waals surface area contributed by atoms with E-state index in [0.29, 0.717) is 11.4 Å². The first-order valence-corrected chi connectivity index (χ1v) is 6.97. The molecule has 0 spiro atoms. The summed E-state index contributed by atoms with van der Waals surface area (Å²) in [5.74, 6) is -0.340. The number of nitrogens with one attached hydrogen (secondary N) is 1. The Morgan fingerprint density at radius 3 is 2.81 bits per heavy atom. The third kappa shape index (κ3) is 3.69. The van der Waals surface area contributed by atoms with Crippen LogP contribution in [0.5, 0.6) is 6.01 Å². The number of amides is 1. The number of methoxy groups -OCH3 is 1. The van der Waals surface area contributed by atoms with E-state index >= 15 is 0 Å². The van der Waals surface area contributed by atoms with Crippen LogP contribution in [0.1, 0.15) is 5.69 Å². The second-order valence-corrected chi connectivity index (χ2v) is 5.19. The van der Waals surface area contributed by atoms with Crippen LogP contribution in [0.3, 0.4) is 0 Å². The van der Waals surface area contributed by atoms with Crippen LogP contribution in [-0.2, 0) is 11.3 Å². The SMILES string of the molecule is COc1nc(C)cc(=O)n1CC(=O)Nc1ccccc1Br. The maximum atomic E-state index is 12.1. The summed E-state index contributed by atoms with van der Waals surface area (Å²) in [6.45, 7) is 1.52. The molecule has 0 fully saturated rings. The molecule has 0 saturated heterocycles. The Labute approximate surface area is 129 Å². The molecule has 1 heterocycles. The van der Waals surface area contributed by atoms with Crippen molar-refractivity contribution >= 4 is 27.5 Å². The average molecular weight is 352 g/mol. The molecule has 7 heteroatoms. The van der Waals surface area contributed by atoms with Crippen molar-refractivity contribution in [2.75, 3.05) is 12.4 Å². The molecule has 21 heavy (non-hydrogen) atoms. The predicted molar refractivity (Wildman–Crippen MR) is 82.6 cm³/mol. The number of anilines is 1. The van der Waals surface area contributed by atoms with Gasteiger partial charge in [-0.05, 0) is 35.0 Å². The van der Waals surface area contributed by atoms with E-state index in [2.05, 4.69) is 26.2 Å². The molecule has 1 aromatic carbocycles. The molecule has 0 bridgehead atoms. The van der Waals surface area contributed by atoms with E-state index in [9.17, 15) is 9.59 Å². The van der Waals surface area contributed by atoms with Crippen molar-refractivity contribution in [1.29, 1.82) is 0 Å². The van der Waals surface area contributed by atoms with Crippen LogP contribution in [0.4, 0.5) is 5.69 Å². The number of nitrogens with zero attached hydrogens (tertiary/aromatic N) is 2. The fraction of sp³-hybridized carbons (Fsp3) is 0.214. The Balaban J connectivity index is 2.21. The van der Waals surface area contributed by atoms with Gasteiger partial charge in [0.25, 0.3) is 11.6 Å². The van der Waals surface area contributed by atoms with Gasteiger partial charge in [0.05, 0.1) is 12.8 Å². The lowest BCUT2D eigenvalue weighted by atomic mass is 10.3. The summed E-state index contributed by atoms with van der Waals surface area (Å²) < 4.78 is 6.99. The molecule has 0 aliphatic carbocycles. The molecule has 110 valence electrons. The minimum Gasteiger partial charge on any atom is -0.468 e. The van der Waals surface area contributed by atoms with E-state index in [1.807, 2.05) is 12.1 Å². The number of rotatable bonds is 4. The predicted octanol–water partition coefficient (Wildman–Crippen LogP) is 1.96. The molecule has 0 aliphatic heterocycles. The number of hydrogen-bond donors (Lipinski definition) is 1. The number of para-hydroxylation sites is 1. The van der Waals surface area contributed by atoms with Crippen molar-refractivity contribution in [3.63, 3.8) is 0 Å². The molecule has 0 aliphatic rings. The minimum absolute atomic E-state index is 0.113. The molecule has 2 aromatic rings.